The summed E-state index contributed by atoms with van der Waals surface area (Å²) in [5, 5.41) is 4.15. The third-order valence-corrected chi connectivity index (χ3v) is 4.79. The molecule has 1 N–H and O–H groups in total. The standard InChI is InChI=1S/C17H16ClF3N2O3S/c1-3-15(22-26-13-7-4-11(2)5-8-13)14-10-12(18)6-9-16(14)23-27(24,25)17(19,20)21/h4-10,23H,3H2,1-2H3/b22-15-. The molecule has 0 saturated carbocycles. The van der Waals surface area contributed by atoms with Crippen molar-refractivity contribution in [2.45, 2.75) is 25.8 Å². The second kappa shape index (κ2) is 8.18. The summed E-state index contributed by atoms with van der Waals surface area (Å²) < 4.78 is 62.5. The molecule has 27 heavy (non-hydrogen) atoms. The van der Waals surface area contributed by atoms with E-state index in [-0.39, 0.29) is 28.4 Å². The van der Waals surface area contributed by atoms with Gasteiger partial charge in [-0.3, -0.25) is 4.72 Å². The summed E-state index contributed by atoms with van der Waals surface area (Å²) in [6, 6.07) is 10.7. The average molecular weight is 421 g/mol. The van der Waals surface area contributed by atoms with E-state index in [2.05, 4.69) is 5.16 Å². The number of nitrogens with one attached hydrogen (secondary N) is 1. The third-order valence-electron chi connectivity index (χ3n) is 3.46. The molecule has 0 atom stereocenters. The largest absolute Gasteiger partial charge is 0.516 e. The van der Waals surface area contributed by atoms with Gasteiger partial charge in [-0.15, -0.1) is 0 Å². The number of aryl methyl sites for hydroxylation is 1. The molecule has 146 valence electrons. The number of alkyl halides is 3. The van der Waals surface area contributed by atoms with Gasteiger partial charge < -0.3 is 4.84 Å². The fourth-order valence-corrected chi connectivity index (χ4v) is 2.81. The maximum atomic E-state index is 12.7. The first-order valence-electron chi connectivity index (χ1n) is 7.73. The van der Waals surface area contributed by atoms with Crippen molar-refractivity contribution in [3.63, 3.8) is 0 Å². The number of rotatable bonds is 6. The first kappa shape index (κ1) is 21.0. The molecule has 0 amide bonds. The van der Waals surface area contributed by atoms with E-state index in [0.717, 1.165) is 11.6 Å². The Balaban J connectivity index is 2.40. The molecule has 10 heteroatoms. The molecule has 0 aliphatic carbocycles. The van der Waals surface area contributed by atoms with E-state index >= 15 is 0 Å². The van der Waals surface area contributed by atoms with Gasteiger partial charge in [-0.1, -0.05) is 41.4 Å². The van der Waals surface area contributed by atoms with Gasteiger partial charge >= 0.3 is 15.5 Å². The highest BCUT2D eigenvalue weighted by molar-refractivity contribution is 7.93. The Morgan fingerprint density at radius 3 is 2.37 bits per heavy atom. The second-order valence-corrected chi connectivity index (χ2v) is 7.65. The van der Waals surface area contributed by atoms with Crippen LogP contribution in [0.5, 0.6) is 5.75 Å². The van der Waals surface area contributed by atoms with E-state index in [1.165, 1.54) is 16.9 Å². The Morgan fingerprint density at radius 1 is 1.19 bits per heavy atom. The number of hydrogen-bond acceptors (Lipinski definition) is 4. The van der Waals surface area contributed by atoms with Gasteiger partial charge in [0.1, 0.15) is 0 Å². The summed E-state index contributed by atoms with van der Waals surface area (Å²) >= 11 is 5.92. The Bertz CT molecular complexity index is 943. The van der Waals surface area contributed by atoms with Gasteiger partial charge in [0, 0.05) is 10.6 Å². The lowest BCUT2D eigenvalue weighted by Gasteiger charge is -2.15. The van der Waals surface area contributed by atoms with E-state index in [1.54, 1.807) is 31.2 Å². The van der Waals surface area contributed by atoms with Crippen molar-refractivity contribution in [2.75, 3.05) is 4.72 Å². The highest BCUT2D eigenvalue weighted by atomic mass is 35.5. The zero-order valence-corrected chi connectivity index (χ0v) is 15.9. The maximum Gasteiger partial charge on any atom is 0.516 e. The van der Waals surface area contributed by atoms with Crippen molar-refractivity contribution in [2.24, 2.45) is 5.16 Å². The highest BCUT2D eigenvalue weighted by Gasteiger charge is 2.46. The van der Waals surface area contributed by atoms with Crippen LogP contribution in [0, 0.1) is 6.92 Å². The van der Waals surface area contributed by atoms with Gasteiger partial charge in [0.15, 0.2) is 5.75 Å². The lowest BCUT2D eigenvalue weighted by molar-refractivity contribution is -0.0429. The minimum absolute atomic E-state index is 0.0879. The number of benzene rings is 2. The summed E-state index contributed by atoms with van der Waals surface area (Å²) in [6.45, 7) is 3.59. The number of sulfonamides is 1. The Hall–Kier alpha value is -2.26. The monoisotopic (exact) mass is 420 g/mol. The zero-order valence-electron chi connectivity index (χ0n) is 14.3. The SMILES string of the molecule is CC/C(=N/Oc1ccc(C)cc1)c1cc(Cl)ccc1NS(=O)(=O)C(F)(F)F. The molecule has 0 heterocycles. The van der Waals surface area contributed by atoms with Crippen molar-refractivity contribution in [3.8, 4) is 5.75 Å². The van der Waals surface area contributed by atoms with E-state index in [0.29, 0.717) is 5.75 Å². The number of anilines is 1. The summed E-state index contributed by atoms with van der Waals surface area (Å²) in [7, 11) is -5.59. The van der Waals surface area contributed by atoms with Crippen LogP contribution in [0.3, 0.4) is 0 Å². The highest BCUT2D eigenvalue weighted by Crippen LogP contribution is 2.29. The molecule has 0 radical (unpaired) electrons. The molecule has 0 spiro atoms. The fourth-order valence-electron chi connectivity index (χ4n) is 2.06. The molecule has 2 aromatic rings. The zero-order chi connectivity index (χ0) is 20.2. The second-order valence-electron chi connectivity index (χ2n) is 5.54. The summed E-state index contributed by atoms with van der Waals surface area (Å²) in [5.74, 6) is 0.422. The van der Waals surface area contributed by atoms with E-state index in [1.807, 2.05) is 6.92 Å². The van der Waals surface area contributed by atoms with Crippen molar-refractivity contribution < 1.29 is 26.4 Å². The topological polar surface area (TPSA) is 67.8 Å². The van der Waals surface area contributed by atoms with Gasteiger partial charge in [-0.05, 0) is 43.7 Å². The number of halogens is 4. The molecular formula is C17H16ClF3N2O3S. The van der Waals surface area contributed by atoms with Gasteiger partial charge in [-0.2, -0.15) is 21.6 Å². The molecule has 5 nitrogen and oxygen atoms in total. The van der Waals surface area contributed by atoms with Gasteiger partial charge in [0.2, 0.25) is 0 Å². The van der Waals surface area contributed by atoms with Crippen LogP contribution in [-0.2, 0) is 10.0 Å². The smallest absolute Gasteiger partial charge is 0.357 e. The average Bonchev–Trinajstić information content (AvgIpc) is 2.58. The van der Waals surface area contributed by atoms with Crippen LogP contribution in [-0.4, -0.2) is 19.6 Å². The van der Waals surface area contributed by atoms with E-state index in [4.69, 9.17) is 16.4 Å². The molecule has 0 saturated heterocycles. The van der Waals surface area contributed by atoms with Gasteiger partial charge in [0.25, 0.3) is 0 Å². The van der Waals surface area contributed by atoms with Crippen molar-refractivity contribution in [1.82, 2.24) is 0 Å². The molecule has 0 aromatic heterocycles. The number of nitrogens with zero attached hydrogens (tertiary/aromatic N) is 1. The Morgan fingerprint density at radius 2 is 1.81 bits per heavy atom. The predicted molar refractivity (Wildman–Crippen MR) is 98.7 cm³/mol. The quantitative estimate of drug-likeness (QED) is 0.522. The Kier molecular flexibility index (Phi) is 6.38. The van der Waals surface area contributed by atoms with E-state index < -0.39 is 15.5 Å². The maximum absolute atomic E-state index is 12.7. The first-order valence-corrected chi connectivity index (χ1v) is 9.59. The van der Waals surface area contributed by atoms with Crippen LogP contribution in [0.15, 0.2) is 47.6 Å². The van der Waals surface area contributed by atoms with Crippen molar-refractivity contribution in [1.29, 1.82) is 0 Å². The molecule has 0 aliphatic heterocycles. The fraction of sp³-hybridized carbons (Fsp3) is 0.235. The predicted octanol–water partition coefficient (Wildman–Crippen LogP) is 5.10. The van der Waals surface area contributed by atoms with Crippen LogP contribution in [0.2, 0.25) is 5.02 Å². The van der Waals surface area contributed by atoms with E-state index in [9.17, 15) is 21.6 Å². The van der Waals surface area contributed by atoms with Crippen LogP contribution in [0.4, 0.5) is 18.9 Å². The molecule has 0 aliphatic rings. The molecule has 0 bridgehead atoms. The lowest BCUT2D eigenvalue weighted by atomic mass is 10.1. The number of oxime groups is 1. The van der Waals surface area contributed by atoms with Crippen molar-refractivity contribution >= 4 is 33.0 Å². The third kappa shape index (κ3) is 5.36. The molecular weight excluding hydrogens is 405 g/mol. The summed E-state index contributed by atoms with van der Waals surface area (Å²) in [5.41, 5.74) is -4.43. The van der Waals surface area contributed by atoms with Crippen LogP contribution in [0.25, 0.3) is 0 Å². The first-order chi connectivity index (χ1) is 12.5. The lowest BCUT2D eigenvalue weighted by Crippen LogP contribution is -2.30. The molecule has 2 aromatic carbocycles. The van der Waals surface area contributed by atoms with Gasteiger partial charge in [0.05, 0.1) is 11.4 Å². The summed E-state index contributed by atoms with van der Waals surface area (Å²) in [4.78, 5) is 5.31. The van der Waals surface area contributed by atoms with Crippen LogP contribution < -0.4 is 9.56 Å². The molecule has 2 rings (SSSR count). The van der Waals surface area contributed by atoms with Crippen LogP contribution in [0.1, 0.15) is 24.5 Å². The molecule has 0 fully saturated rings. The summed E-state index contributed by atoms with van der Waals surface area (Å²) in [6.07, 6.45) is 0.257. The van der Waals surface area contributed by atoms with Crippen molar-refractivity contribution in [3.05, 3.63) is 58.6 Å². The number of hydrogen-bond donors (Lipinski definition) is 1. The Labute approximate surface area is 159 Å². The minimum Gasteiger partial charge on any atom is -0.357 e. The van der Waals surface area contributed by atoms with Crippen LogP contribution >= 0.6 is 11.6 Å². The molecule has 0 unspecified atom stereocenters. The normalized spacial score (nSPS) is 12.7. The van der Waals surface area contributed by atoms with Gasteiger partial charge in [-0.25, -0.2) is 0 Å². The minimum atomic E-state index is -5.59.